The molecule has 0 saturated heterocycles. The number of nitrogens with one attached hydrogen (secondary N) is 1. The molecule has 2 rings (SSSR count). The lowest BCUT2D eigenvalue weighted by molar-refractivity contribution is -0.134. The van der Waals surface area contributed by atoms with Crippen LogP contribution >= 0.6 is 11.3 Å². The third kappa shape index (κ3) is 3.19. The zero-order chi connectivity index (χ0) is 12.3. The number of aromatic nitrogens is 3. The number of thiazole rings is 1. The number of nitrogens with zero attached hydrogens (tertiary/aromatic N) is 3. The summed E-state index contributed by atoms with van der Waals surface area (Å²) in [5.41, 5.74) is 0. The van der Waals surface area contributed by atoms with Crippen molar-refractivity contribution in [1.82, 2.24) is 14.5 Å². The molecule has 0 unspecified atom stereocenters. The number of imidazole rings is 1. The number of halogens is 3. The van der Waals surface area contributed by atoms with Crippen LogP contribution in [0.1, 0.15) is 4.88 Å². The van der Waals surface area contributed by atoms with E-state index in [0.29, 0.717) is 24.4 Å². The second-order valence-corrected chi connectivity index (χ2v) is 4.29. The Morgan fingerprint density at radius 1 is 1.41 bits per heavy atom. The van der Waals surface area contributed by atoms with Crippen LogP contribution in [0.3, 0.4) is 0 Å². The van der Waals surface area contributed by atoms with E-state index in [1.807, 2.05) is 4.57 Å². The summed E-state index contributed by atoms with van der Waals surface area (Å²) < 4.78 is 38.7. The summed E-state index contributed by atoms with van der Waals surface area (Å²) in [5, 5.41) is 3.11. The molecular weight excluding hydrogens is 253 g/mol. The van der Waals surface area contributed by atoms with Crippen LogP contribution < -0.4 is 5.32 Å². The summed E-state index contributed by atoms with van der Waals surface area (Å²) in [6, 6.07) is 0. The van der Waals surface area contributed by atoms with Gasteiger partial charge < -0.3 is 9.88 Å². The highest BCUT2D eigenvalue weighted by molar-refractivity contribution is 7.15. The molecule has 0 aliphatic carbocycles. The van der Waals surface area contributed by atoms with Crippen molar-refractivity contribution in [2.45, 2.75) is 12.7 Å². The van der Waals surface area contributed by atoms with Crippen LogP contribution in [0.2, 0.25) is 0 Å². The molecule has 0 amide bonds. The molecule has 0 spiro atoms. The van der Waals surface area contributed by atoms with E-state index in [1.165, 1.54) is 0 Å². The first-order valence-corrected chi connectivity index (χ1v) is 5.60. The predicted molar refractivity (Wildman–Crippen MR) is 57.8 cm³/mol. The molecule has 0 aliphatic heterocycles. The minimum Gasteiger partial charge on any atom is -0.360 e. The lowest BCUT2D eigenvalue weighted by Gasteiger charge is -2.03. The van der Waals surface area contributed by atoms with Gasteiger partial charge in [-0.3, -0.25) is 0 Å². The van der Waals surface area contributed by atoms with E-state index in [-0.39, 0.29) is 5.13 Å². The average Bonchev–Trinajstić information content (AvgIpc) is 2.86. The van der Waals surface area contributed by atoms with E-state index in [9.17, 15) is 13.2 Å². The number of hydrogen-bond acceptors (Lipinski definition) is 4. The first kappa shape index (κ1) is 11.9. The molecule has 2 aromatic rings. The molecule has 2 aromatic heterocycles. The Morgan fingerprint density at radius 3 is 2.82 bits per heavy atom. The molecule has 0 atom stereocenters. The first-order valence-electron chi connectivity index (χ1n) is 4.78. The van der Waals surface area contributed by atoms with Crippen LogP contribution in [-0.2, 0) is 12.7 Å². The largest absolute Gasteiger partial charge is 0.427 e. The smallest absolute Gasteiger partial charge is 0.360 e. The van der Waals surface area contributed by atoms with Crippen molar-refractivity contribution in [3.8, 4) is 0 Å². The van der Waals surface area contributed by atoms with E-state index in [4.69, 9.17) is 0 Å². The van der Waals surface area contributed by atoms with Gasteiger partial charge in [0.1, 0.15) is 4.88 Å². The van der Waals surface area contributed by atoms with Gasteiger partial charge in [0.15, 0.2) is 5.13 Å². The van der Waals surface area contributed by atoms with Crippen molar-refractivity contribution in [2.24, 2.45) is 0 Å². The summed E-state index contributed by atoms with van der Waals surface area (Å²) in [4.78, 5) is 6.83. The lowest BCUT2D eigenvalue weighted by Crippen LogP contribution is -2.08. The zero-order valence-corrected chi connectivity index (χ0v) is 9.42. The van der Waals surface area contributed by atoms with Gasteiger partial charge in [-0.25, -0.2) is 9.97 Å². The topological polar surface area (TPSA) is 42.7 Å². The normalized spacial score (nSPS) is 11.7. The predicted octanol–water partition coefficient (Wildman–Crippen LogP) is 2.47. The molecule has 0 aliphatic rings. The van der Waals surface area contributed by atoms with Crippen molar-refractivity contribution in [3.63, 3.8) is 0 Å². The molecule has 4 nitrogen and oxygen atoms in total. The van der Waals surface area contributed by atoms with Gasteiger partial charge in [0.05, 0.1) is 12.5 Å². The standard InChI is InChI=1S/C9H9F3N4S/c10-9(11,12)7-5-15-8(17-7)14-2-4-16-3-1-13-6-16/h1,3,5-6H,2,4H2,(H,14,15). The van der Waals surface area contributed by atoms with Gasteiger partial charge in [-0.2, -0.15) is 13.2 Å². The van der Waals surface area contributed by atoms with Gasteiger partial charge in [0.25, 0.3) is 0 Å². The van der Waals surface area contributed by atoms with Gasteiger partial charge in [0, 0.05) is 25.5 Å². The van der Waals surface area contributed by atoms with Gasteiger partial charge in [0.2, 0.25) is 0 Å². The highest BCUT2D eigenvalue weighted by Gasteiger charge is 2.33. The molecule has 0 bridgehead atoms. The van der Waals surface area contributed by atoms with Crippen molar-refractivity contribution in [2.75, 3.05) is 11.9 Å². The van der Waals surface area contributed by atoms with E-state index in [2.05, 4.69) is 15.3 Å². The van der Waals surface area contributed by atoms with E-state index in [1.54, 1.807) is 18.7 Å². The fraction of sp³-hybridized carbons (Fsp3) is 0.333. The lowest BCUT2D eigenvalue weighted by atomic mass is 10.5. The fourth-order valence-electron chi connectivity index (χ4n) is 1.20. The van der Waals surface area contributed by atoms with Crippen LogP contribution in [0.4, 0.5) is 18.3 Å². The molecule has 1 N–H and O–H groups in total. The Morgan fingerprint density at radius 2 is 2.24 bits per heavy atom. The van der Waals surface area contributed by atoms with Crippen molar-refractivity contribution < 1.29 is 13.2 Å². The minimum atomic E-state index is -4.32. The van der Waals surface area contributed by atoms with Gasteiger partial charge in [-0.05, 0) is 0 Å². The SMILES string of the molecule is FC(F)(F)c1cnc(NCCn2ccnc2)s1. The Kier molecular flexibility index (Phi) is 3.32. The summed E-state index contributed by atoms with van der Waals surface area (Å²) >= 11 is 0.605. The summed E-state index contributed by atoms with van der Waals surface area (Å²) in [7, 11) is 0. The zero-order valence-electron chi connectivity index (χ0n) is 8.61. The maximum absolute atomic E-state index is 12.3. The van der Waals surface area contributed by atoms with Gasteiger partial charge in [-0.1, -0.05) is 11.3 Å². The molecule has 92 valence electrons. The number of rotatable bonds is 4. The van der Waals surface area contributed by atoms with Crippen LogP contribution in [0.15, 0.2) is 24.9 Å². The highest BCUT2D eigenvalue weighted by atomic mass is 32.1. The molecule has 0 radical (unpaired) electrons. The molecular formula is C9H9F3N4S. The summed E-state index contributed by atoms with van der Waals surface area (Å²) in [6.07, 6.45) is 1.59. The van der Waals surface area contributed by atoms with Crippen molar-refractivity contribution >= 4 is 16.5 Å². The van der Waals surface area contributed by atoms with Crippen LogP contribution in [0.5, 0.6) is 0 Å². The summed E-state index contributed by atoms with van der Waals surface area (Å²) in [6.45, 7) is 1.13. The van der Waals surface area contributed by atoms with E-state index < -0.39 is 11.1 Å². The third-order valence-electron chi connectivity index (χ3n) is 1.99. The number of alkyl halides is 3. The Balaban J connectivity index is 1.85. The fourth-order valence-corrected chi connectivity index (χ4v) is 1.91. The molecule has 17 heavy (non-hydrogen) atoms. The van der Waals surface area contributed by atoms with Crippen LogP contribution in [0, 0.1) is 0 Å². The Bertz CT molecular complexity index is 463. The van der Waals surface area contributed by atoms with Crippen molar-refractivity contribution in [3.05, 3.63) is 29.8 Å². The Hall–Kier alpha value is -1.57. The third-order valence-corrected chi connectivity index (χ3v) is 2.99. The molecule has 8 heteroatoms. The quantitative estimate of drug-likeness (QED) is 0.920. The average molecular weight is 262 g/mol. The molecule has 0 aromatic carbocycles. The molecule has 2 heterocycles. The van der Waals surface area contributed by atoms with E-state index in [0.717, 1.165) is 6.20 Å². The highest BCUT2D eigenvalue weighted by Crippen LogP contribution is 2.34. The molecule has 0 saturated carbocycles. The number of hydrogen-bond donors (Lipinski definition) is 1. The Labute approximate surface area is 99.1 Å². The monoisotopic (exact) mass is 262 g/mol. The first-order chi connectivity index (χ1) is 8.05. The maximum atomic E-state index is 12.3. The second-order valence-electron chi connectivity index (χ2n) is 3.25. The summed E-state index contributed by atoms with van der Waals surface area (Å²) in [5.74, 6) is 0. The van der Waals surface area contributed by atoms with Gasteiger partial charge in [-0.15, -0.1) is 0 Å². The van der Waals surface area contributed by atoms with Crippen LogP contribution in [0.25, 0.3) is 0 Å². The van der Waals surface area contributed by atoms with Crippen LogP contribution in [-0.4, -0.2) is 21.1 Å². The second kappa shape index (κ2) is 4.74. The maximum Gasteiger partial charge on any atom is 0.427 e. The number of anilines is 1. The minimum absolute atomic E-state index is 0.275. The van der Waals surface area contributed by atoms with E-state index >= 15 is 0 Å². The van der Waals surface area contributed by atoms with Gasteiger partial charge >= 0.3 is 6.18 Å². The molecule has 0 fully saturated rings. The van der Waals surface area contributed by atoms with Crippen molar-refractivity contribution in [1.29, 1.82) is 0 Å².